The fraction of sp³-hybridized carbons (Fsp3) is 0.227. The summed E-state index contributed by atoms with van der Waals surface area (Å²) < 4.78 is 71.5. The number of nitrogens with zero attached hydrogens (tertiary/aromatic N) is 2. The Hall–Kier alpha value is -3.42. The highest BCUT2D eigenvalue weighted by atomic mass is 35.5. The van der Waals surface area contributed by atoms with Crippen molar-refractivity contribution < 1.29 is 36.2 Å². The molecule has 2 aromatic carbocycles. The van der Waals surface area contributed by atoms with Gasteiger partial charge < -0.3 is 21.3 Å². The Bertz CT molecular complexity index is 1390. The van der Waals surface area contributed by atoms with E-state index in [9.17, 15) is 26.4 Å². The van der Waals surface area contributed by atoms with Gasteiger partial charge in [-0.05, 0) is 24.1 Å². The van der Waals surface area contributed by atoms with E-state index in [4.69, 9.17) is 32.9 Å². The second-order valence-electron chi connectivity index (χ2n) is 7.79. The Kier molecular flexibility index (Phi) is 7.76. The van der Waals surface area contributed by atoms with Crippen LogP contribution in [0.5, 0.6) is 5.88 Å². The van der Waals surface area contributed by atoms with Crippen LogP contribution in [0.25, 0.3) is 11.3 Å². The van der Waals surface area contributed by atoms with E-state index in [1.165, 1.54) is 0 Å². The van der Waals surface area contributed by atoms with E-state index in [1.807, 2.05) is 0 Å². The molecule has 1 aromatic heterocycles. The first-order valence-electron chi connectivity index (χ1n) is 10.1. The zero-order chi connectivity index (χ0) is 26.8. The standard InChI is InChI=1S/C22H20ClF3N4O5S/c1-36(33,34)17-9-13(23)6-7-14(17)19(22(24,25)26)35-18-10-16(29-21(28)30-18)12-4-2-11(3-5-12)8-15(27)20(31)32/h2-7,9-10,15,19H,8,27H2,1H3,(H,31,32)(H2,28,29,30)/t15-,19?/m0/s1. The monoisotopic (exact) mass is 544 g/mol. The van der Waals surface area contributed by atoms with Gasteiger partial charge in [0, 0.05) is 28.5 Å². The highest BCUT2D eigenvalue weighted by Gasteiger charge is 2.45. The molecule has 0 aliphatic carbocycles. The van der Waals surface area contributed by atoms with Crippen molar-refractivity contribution in [2.75, 3.05) is 12.0 Å². The van der Waals surface area contributed by atoms with Crippen molar-refractivity contribution in [3.63, 3.8) is 0 Å². The van der Waals surface area contributed by atoms with Crippen molar-refractivity contribution in [3.05, 3.63) is 64.7 Å². The molecule has 0 saturated heterocycles. The second kappa shape index (κ2) is 10.3. The maximum absolute atomic E-state index is 14.0. The van der Waals surface area contributed by atoms with E-state index in [0.29, 0.717) is 11.1 Å². The molecule has 1 heterocycles. The lowest BCUT2D eigenvalue weighted by atomic mass is 10.0. The maximum atomic E-state index is 14.0. The number of alkyl halides is 3. The van der Waals surface area contributed by atoms with Gasteiger partial charge in [0.15, 0.2) is 9.84 Å². The third-order valence-corrected chi connectivity index (χ3v) is 6.32. The number of carbonyl (C=O) groups is 1. The van der Waals surface area contributed by atoms with Crippen LogP contribution in [0.1, 0.15) is 17.2 Å². The molecule has 5 N–H and O–H groups in total. The highest BCUT2D eigenvalue weighted by Crippen LogP contribution is 2.40. The first kappa shape index (κ1) is 27.2. The molecule has 0 aliphatic rings. The third-order valence-electron chi connectivity index (χ3n) is 4.94. The minimum Gasteiger partial charge on any atom is -0.480 e. The zero-order valence-electron chi connectivity index (χ0n) is 18.5. The molecule has 3 rings (SSSR count). The van der Waals surface area contributed by atoms with Crippen LogP contribution < -0.4 is 16.2 Å². The summed E-state index contributed by atoms with van der Waals surface area (Å²) in [6.07, 6.45) is -6.92. The average molecular weight is 545 g/mol. The molecule has 1 unspecified atom stereocenters. The largest absolute Gasteiger partial charge is 0.480 e. The van der Waals surface area contributed by atoms with Crippen molar-refractivity contribution in [1.29, 1.82) is 0 Å². The van der Waals surface area contributed by atoms with Gasteiger partial charge in [0.1, 0.15) is 6.04 Å². The van der Waals surface area contributed by atoms with Crippen LogP contribution in [0.2, 0.25) is 5.02 Å². The molecule has 0 radical (unpaired) electrons. The lowest BCUT2D eigenvalue weighted by Crippen LogP contribution is -2.32. The third kappa shape index (κ3) is 6.62. The Balaban J connectivity index is 1.99. The lowest BCUT2D eigenvalue weighted by molar-refractivity contribution is -0.199. The van der Waals surface area contributed by atoms with E-state index in [1.54, 1.807) is 24.3 Å². The highest BCUT2D eigenvalue weighted by molar-refractivity contribution is 7.90. The number of aromatic nitrogens is 2. The first-order chi connectivity index (χ1) is 16.6. The van der Waals surface area contributed by atoms with Gasteiger partial charge in [0.2, 0.25) is 17.9 Å². The average Bonchev–Trinajstić information content (AvgIpc) is 2.76. The predicted octanol–water partition coefficient (Wildman–Crippen LogP) is 3.42. The Morgan fingerprint density at radius 3 is 2.33 bits per heavy atom. The summed E-state index contributed by atoms with van der Waals surface area (Å²) in [6, 6.07) is 9.23. The molecule has 2 atom stereocenters. The summed E-state index contributed by atoms with van der Waals surface area (Å²) in [7, 11) is -4.10. The van der Waals surface area contributed by atoms with Crippen LogP contribution >= 0.6 is 11.6 Å². The van der Waals surface area contributed by atoms with Crippen molar-refractivity contribution in [2.45, 2.75) is 29.6 Å². The van der Waals surface area contributed by atoms with Gasteiger partial charge in [-0.15, -0.1) is 0 Å². The van der Waals surface area contributed by atoms with Gasteiger partial charge in [-0.3, -0.25) is 4.79 Å². The van der Waals surface area contributed by atoms with Crippen molar-refractivity contribution in [1.82, 2.24) is 9.97 Å². The maximum Gasteiger partial charge on any atom is 0.429 e. The summed E-state index contributed by atoms with van der Waals surface area (Å²) >= 11 is 5.81. The smallest absolute Gasteiger partial charge is 0.429 e. The van der Waals surface area contributed by atoms with E-state index < -0.39 is 50.5 Å². The molecule has 0 saturated carbocycles. The molecular formula is C22H20ClF3N4O5S. The number of carboxylic acid groups (broad SMARTS) is 1. The van der Waals surface area contributed by atoms with E-state index in [-0.39, 0.29) is 23.1 Å². The molecular weight excluding hydrogens is 525 g/mol. The van der Waals surface area contributed by atoms with Gasteiger partial charge in [-0.25, -0.2) is 13.4 Å². The number of ether oxygens (including phenoxy) is 1. The van der Waals surface area contributed by atoms with Gasteiger partial charge in [-0.2, -0.15) is 18.2 Å². The van der Waals surface area contributed by atoms with Crippen LogP contribution in [0, 0.1) is 0 Å². The van der Waals surface area contributed by atoms with E-state index in [0.717, 1.165) is 30.5 Å². The molecule has 0 spiro atoms. The number of halogens is 4. The predicted molar refractivity (Wildman–Crippen MR) is 125 cm³/mol. The number of carboxylic acids is 1. The number of sulfone groups is 1. The summed E-state index contributed by atoms with van der Waals surface area (Å²) in [6.45, 7) is 0. The van der Waals surface area contributed by atoms with Crippen molar-refractivity contribution in [3.8, 4) is 17.1 Å². The number of benzene rings is 2. The van der Waals surface area contributed by atoms with Crippen molar-refractivity contribution >= 4 is 33.4 Å². The number of nitrogens with two attached hydrogens (primary N) is 2. The Labute approximate surface area is 208 Å². The van der Waals surface area contributed by atoms with E-state index in [2.05, 4.69) is 9.97 Å². The summed E-state index contributed by atoms with van der Waals surface area (Å²) in [5.74, 6) is -2.10. The number of rotatable bonds is 8. The fourth-order valence-corrected chi connectivity index (χ4v) is 4.46. The number of hydrogen-bond donors (Lipinski definition) is 3. The van der Waals surface area contributed by atoms with Gasteiger partial charge in [0.05, 0.1) is 10.6 Å². The van der Waals surface area contributed by atoms with Crippen LogP contribution in [0.3, 0.4) is 0 Å². The van der Waals surface area contributed by atoms with Crippen LogP contribution in [0.4, 0.5) is 19.1 Å². The van der Waals surface area contributed by atoms with Gasteiger partial charge >= 0.3 is 12.1 Å². The summed E-state index contributed by atoms with van der Waals surface area (Å²) in [5, 5.41) is 8.87. The fourth-order valence-electron chi connectivity index (χ4n) is 3.28. The lowest BCUT2D eigenvalue weighted by Gasteiger charge is -2.23. The normalized spacial score (nSPS) is 13.7. The van der Waals surface area contributed by atoms with Gasteiger partial charge in [-0.1, -0.05) is 41.9 Å². The molecule has 192 valence electrons. The number of anilines is 1. The Morgan fingerprint density at radius 2 is 1.78 bits per heavy atom. The van der Waals surface area contributed by atoms with Crippen LogP contribution in [-0.2, 0) is 21.1 Å². The molecule has 9 nitrogen and oxygen atoms in total. The molecule has 0 fully saturated rings. The SMILES string of the molecule is CS(=O)(=O)c1cc(Cl)ccc1C(Oc1cc(-c2ccc(C[C@H](N)C(=O)O)cc2)nc(N)n1)C(F)(F)F. The summed E-state index contributed by atoms with van der Waals surface area (Å²) in [4.78, 5) is 18.0. The van der Waals surface area contributed by atoms with Gasteiger partial charge in [0.25, 0.3) is 0 Å². The van der Waals surface area contributed by atoms with Crippen LogP contribution in [-0.4, -0.2) is 47.9 Å². The van der Waals surface area contributed by atoms with E-state index >= 15 is 0 Å². The molecule has 14 heteroatoms. The zero-order valence-corrected chi connectivity index (χ0v) is 20.1. The molecule has 0 aliphatic heterocycles. The second-order valence-corrected chi connectivity index (χ2v) is 10.2. The molecule has 36 heavy (non-hydrogen) atoms. The molecule has 0 amide bonds. The molecule has 0 bridgehead atoms. The number of aliphatic carboxylic acids is 1. The Morgan fingerprint density at radius 1 is 1.14 bits per heavy atom. The number of nitrogen functional groups attached to an aromatic ring is 1. The molecule has 3 aromatic rings. The minimum atomic E-state index is -5.03. The quantitative estimate of drug-likeness (QED) is 0.386. The minimum absolute atomic E-state index is 0.0624. The first-order valence-corrected chi connectivity index (χ1v) is 12.4. The van der Waals surface area contributed by atoms with Crippen molar-refractivity contribution in [2.24, 2.45) is 5.73 Å². The van der Waals surface area contributed by atoms with Crippen LogP contribution in [0.15, 0.2) is 53.4 Å². The summed E-state index contributed by atoms with van der Waals surface area (Å²) in [5.41, 5.74) is 11.7. The number of hydrogen-bond acceptors (Lipinski definition) is 8. The topological polar surface area (TPSA) is 158 Å².